The highest BCUT2D eigenvalue weighted by atomic mass is 16.2. The van der Waals surface area contributed by atoms with Crippen LogP contribution in [0.1, 0.15) is 28.8 Å². The van der Waals surface area contributed by atoms with Gasteiger partial charge in [0.15, 0.2) is 0 Å². The number of nitrogens with one attached hydrogen (secondary N) is 2. The van der Waals surface area contributed by atoms with Crippen LogP contribution in [0.5, 0.6) is 0 Å². The van der Waals surface area contributed by atoms with Crippen molar-refractivity contribution in [2.24, 2.45) is 0 Å². The van der Waals surface area contributed by atoms with Crippen molar-refractivity contribution < 1.29 is 9.59 Å². The molecule has 5 nitrogen and oxygen atoms in total. The maximum atomic E-state index is 12.7. The minimum Gasteiger partial charge on any atom is -0.326 e. The molecule has 1 aromatic heterocycles. The molecule has 0 saturated heterocycles. The Labute approximate surface area is 145 Å². The van der Waals surface area contributed by atoms with Gasteiger partial charge in [0, 0.05) is 29.3 Å². The highest BCUT2D eigenvalue weighted by Crippen LogP contribution is 2.25. The molecule has 0 bridgehead atoms. The van der Waals surface area contributed by atoms with Crippen LogP contribution in [-0.2, 0) is 11.2 Å². The Kier molecular flexibility index (Phi) is 3.90. The third-order valence-electron chi connectivity index (χ3n) is 4.37. The molecule has 0 aliphatic carbocycles. The van der Waals surface area contributed by atoms with Gasteiger partial charge in [-0.25, -0.2) is 0 Å². The fraction of sp³-hybridized carbons (Fsp3) is 0.150. The van der Waals surface area contributed by atoms with Crippen LogP contribution in [0.15, 0.2) is 54.7 Å². The molecule has 0 unspecified atom stereocenters. The first-order valence-corrected chi connectivity index (χ1v) is 8.28. The van der Waals surface area contributed by atoms with Crippen molar-refractivity contribution in [2.75, 3.05) is 10.6 Å². The summed E-state index contributed by atoms with van der Waals surface area (Å²) in [4.78, 5) is 28.7. The number of carbonyl (C=O) groups excluding carboxylic acids is 2. The first-order valence-electron chi connectivity index (χ1n) is 8.28. The van der Waals surface area contributed by atoms with E-state index in [0.717, 1.165) is 35.0 Å². The van der Waals surface area contributed by atoms with E-state index in [1.807, 2.05) is 36.4 Å². The van der Waals surface area contributed by atoms with E-state index in [2.05, 4.69) is 15.6 Å². The van der Waals surface area contributed by atoms with E-state index in [0.29, 0.717) is 17.7 Å². The fourth-order valence-electron chi connectivity index (χ4n) is 3.12. The summed E-state index contributed by atoms with van der Waals surface area (Å²) < 4.78 is 0. The molecule has 2 amide bonds. The van der Waals surface area contributed by atoms with Gasteiger partial charge in [-0.1, -0.05) is 18.2 Å². The average molecular weight is 331 g/mol. The lowest BCUT2D eigenvalue weighted by molar-refractivity contribution is -0.116. The number of para-hydroxylation sites is 1. The molecule has 0 radical (unpaired) electrons. The Hall–Kier alpha value is -3.21. The number of aryl methyl sites for hydroxylation is 1. The zero-order chi connectivity index (χ0) is 17.2. The number of rotatable bonds is 2. The monoisotopic (exact) mass is 331 g/mol. The van der Waals surface area contributed by atoms with Crippen LogP contribution in [0.3, 0.4) is 0 Å². The summed E-state index contributed by atoms with van der Waals surface area (Å²) in [5.74, 6) is -0.158. The summed E-state index contributed by atoms with van der Waals surface area (Å²) in [6, 6.07) is 14.9. The highest BCUT2D eigenvalue weighted by Gasteiger charge is 2.16. The van der Waals surface area contributed by atoms with Gasteiger partial charge in [-0.3, -0.25) is 14.6 Å². The number of hydrogen-bond donors (Lipinski definition) is 2. The summed E-state index contributed by atoms with van der Waals surface area (Å²) in [5.41, 5.74) is 3.81. The van der Waals surface area contributed by atoms with Gasteiger partial charge in [-0.05, 0) is 48.7 Å². The number of fused-ring (bicyclic) bond motifs is 2. The molecule has 0 spiro atoms. The molecule has 4 rings (SSSR count). The van der Waals surface area contributed by atoms with Crippen LogP contribution >= 0.6 is 0 Å². The number of carbonyl (C=O) groups is 2. The van der Waals surface area contributed by atoms with Crippen molar-refractivity contribution in [3.63, 3.8) is 0 Å². The third-order valence-corrected chi connectivity index (χ3v) is 4.37. The summed E-state index contributed by atoms with van der Waals surface area (Å²) in [7, 11) is 0. The van der Waals surface area contributed by atoms with E-state index in [1.54, 1.807) is 18.3 Å². The number of anilines is 2. The zero-order valence-electron chi connectivity index (χ0n) is 13.6. The number of nitrogens with zero attached hydrogens (tertiary/aromatic N) is 1. The second-order valence-electron chi connectivity index (χ2n) is 6.11. The minimum absolute atomic E-state index is 0.0257. The smallest absolute Gasteiger partial charge is 0.255 e. The van der Waals surface area contributed by atoms with Gasteiger partial charge in [0.2, 0.25) is 5.91 Å². The molecule has 1 aliphatic rings. The van der Waals surface area contributed by atoms with Crippen molar-refractivity contribution in [3.05, 3.63) is 65.9 Å². The Morgan fingerprint density at radius 1 is 1.08 bits per heavy atom. The maximum Gasteiger partial charge on any atom is 0.255 e. The van der Waals surface area contributed by atoms with Gasteiger partial charge in [0.05, 0.1) is 11.2 Å². The molecule has 2 N–H and O–H groups in total. The Morgan fingerprint density at radius 2 is 1.96 bits per heavy atom. The van der Waals surface area contributed by atoms with Crippen LogP contribution in [0.4, 0.5) is 11.4 Å². The van der Waals surface area contributed by atoms with Crippen LogP contribution < -0.4 is 10.6 Å². The molecular weight excluding hydrogens is 314 g/mol. The number of benzene rings is 2. The predicted molar refractivity (Wildman–Crippen MR) is 97.7 cm³/mol. The first kappa shape index (κ1) is 15.3. The van der Waals surface area contributed by atoms with E-state index in [9.17, 15) is 9.59 Å². The SMILES string of the molecule is O=C1CCCc2cc(C(=O)Nc3cccc4cccnc34)ccc2N1. The lowest BCUT2D eigenvalue weighted by Gasteiger charge is -2.11. The van der Waals surface area contributed by atoms with Crippen LogP contribution in [0.2, 0.25) is 0 Å². The summed E-state index contributed by atoms with van der Waals surface area (Å²) in [5, 5.41) is 6.80. The second-order valence-corrected chi connectivity index (χ2v) is 6.11. The molecule has 2 heterocycles. The molecule has 25 heavy (non-hydrogen) atoms. The Morgan fingerprint density at radius 3 is 2.88 bits per heavy atom. The van der Waals surface area contributed by atoms with E-state index in [1.165, 1.54) is 0 Å². The van der Waals surface area contributed by atoms with Crippen molar-refractivity contribution in [1.29, 1.82) is 0 Å². The van der Waals surface area contributed by atoms with E-state index >= 15 is 0 Å². The summed E-state index contributed by atoms with van der Waals surface area (Å²) >= 11 is 0. The lowest BCUT2D eigenvalue weighted by atomic mass is 10.0. The van der Waals surface area contributed by atoms with Crippen molar-refractivity contribution >= 4 is 34.1 Å². The lowest BCUT2D eigenvalue weighted by Crippen LogP contribution is -2.13. The van der Waals surface area contributed by atoms with Gasteiger partial charge in [-0.15, -0.1) is 0 Å². The molecular formula is C20H17N3O2. The van der Waals surface area contributed by atoms with Gasteiger partial charge in [-0.2, -0.15) is 0 Å². The fourth-order valence-corrected chi connectivity index (χ4v) is 3.12. The van der Waals surface area contributed by atoms with E-state index < -0.39 is 0 Å². The van der Waals surface area contributed by atoms with Gasteiger partial charge < -0.3 is 10.6 Å². The van der Waals surface area contributed by atoms with Gasteiger partial charge in [0.25, 0.3) is 5.91 Å². The minimum atomic E-state index is -0.184. The average Bonchev–Trinajstić information content (AvgIpc) is 2.82. The molecule has 0 atom stereocenters. The van der Waals surface area contributed by atoms with E-state index in [4.69, 9.17) is 0 Å². The van der Waals surface area contributed by atoms with Crippen LogP contribution in [0.25, 0.3) is 10.9 Å². The molecule has 1 aliphatic heterocycles. The van der Waals surface area contributed by atoms with Crippen LogP contribution in [0, 0.1) is 0 Å². The highest BCUT2D eigenvalue weighted by molar-refractivity contribution is 6.08. The molecule has 3 aromatic rings. The quantitative estimate of drug-likeness (QED) is 0.751. The zero-order valence-corrected chi connectivity index (χ0v) is 13.6. The first-order chi connectivity index (χ1) is 12.2. The van der Waals surface area contributed by atoms with Gasteiger partial charge >= 0.3 is 0 Å². The standard InChI is InChI=1S/C20H17N3O2/c24-18-8-2-5-14-12-15(9-10-16(14)22-18)20(25)23-17-7-1-4-13-6-3-11-21-19(13)17/h1,3-4,6-7,9-12H,2,5,8H2,(H,22,24)(H,23,25). The largest absolute Gasteiger partial charge is 0.326 e. The van der Waals surface area contributed by atoms with Crippen molar-refractivity contribution in [2.45, 2.75) is 19.3 Å². The summed E-state index contributed by atoms with van der Waals surface area (Å²) in [6.07, 6.45) is 3.79. The molecule has 5 heteroatoms. The third kappa shape index (κ3) is 3.08. The normalized spacial score (nSPS) is 13.7. The molecule has 124 valence electrons. The predicted octanol–water partition coefficient (Wildman–Crippen LogP) is 3.76. The Bertz CT molecular complexity index is 976. The molecule has 0 saturated carbocycles. The number of hydrogen-bond acceptors (Lipinski definition) is 3. The molecule has 0 fully saturated rings. The van der Waals surface area contributed by atoms with Crippen molar-refractivity contribution in [3.8, 4) is 0 Å². The van der Waals surface area contributed by atoms with E-state index in [-0.39, 0.29) is 11.8 Å². The second kappa shape index (κ2) is 6.36. The number of pyridine rings is 1. The van der Waals surface area contributed by atoms with Crippen LogP contribution in [-0.4, -0.2) is 16.8 Å². The maximum absolute atomic E-state index is 12.7. The van der Waals surface area contributed by atoms with Crippen molar-refractivity contribution in [1.82, 2.24) is 4.98 Å². The number of amides is 2. The summed E-state index contributed by atoms with van der Waals surface area (Å²) in [6.45, 7) is 0. The molecule has 2 aromatic carbocycles. The Balaban J connectivity index is 1.63. The topological polar surface area (TPSA) is 71.1 Å². The van der Waals surface area contributed by atoms with Gasteiger partial charge in [0.1, 0.15) is 0 Å². The number of aromatic nitrogens is 1.